The van der Waals surface area contributed by atoms with Crippen LogP contribution in [0.3, 0.4) is 0 Å². The van der Waals surface area contributed by atoms with Gasteiger partial charge < -0.3 is 4.57 Å². The Morgan fingerprint density at radius 2 is 1.68 bits per heavy atom. The number of aromatic nitrogens is 3. The number of para-hydroxylation sites is 2. The number of benzene rings is 1. The number of rotatable bonds is 4. The van der Waals surface area contributed by atoms with Crippen LogP contribution in [0.15, 0.2) is 52.3 Å². The summed E-state index contributed by atoms with van der Waals surface area (Å²) in [5, 5.41) is 0. The van der Waals surface area contributed by atoms with Crippen molar-refractivity contribution in [2.24, 2.45) is 0 Å². The quantitative estimate of drug-likeness (QED) is 0.704. The maximum Gasteiger partial charge on any atom is 0.250 e. The highest BCUT2D eigenvalue weighted by molar-refractivity contribution is 7.89. The summed E-state index contributed by atoms with van der Waals surface area (Å²) in [5.74, 6) is 0. The summed E-state index contributed by atoms with van der Waals surface area (Å²) in [6, 6.07) is 10.0. The molecule has 0 unspecified atom stereocenters. The highest BCUT2D eigenvalue weighted by atomic mass is 32.2. The molecule has 3 rings (SSSR count). The van der Waals surface area contributed by atoms with Gasteiger partial charge in [-0.15, -0.1) is 0 Å². The first-order valence-corrected chi connectivity index (χ1v) is 9.08. The van der Waals surface area contributed by atoms with E-state index in [-0.39, 0.29) is 17.0 Å². The summed E-state index contributed by atoms with van der Waals surface area (Å²) < 4.78 is 27.0. The highest BCUT2D eigenvalue weighted by Crippen LogP contribution is 2.14. The lowest BCUT2D eigenvalue weighted by Gasteiger charge is -2.13. The zero-order valence-corrected chi connectivity index (χ0v) is 15.0. The first kappa shape index (κ1) is 17.2. The third-order valence-electron chi connectivity index (χ3n) is 3.90. The zero-order chi connectivity index (χ0) is 18.2. The number of nitrogens with zero attached hydrogens (tertiary/aromatic N) is 4. The minimum atomic E-state index is -3.62. The number of aryl methyl sites for hydroxylation is 1. The van der Waals surface area contributed by atoms with Crippen molar-refractivity contribution in [1.29, 1.82) is 0 Å². The van der Waals surface area contributed by atoms with E-state index in [9.17, 15) is 13.2 Å². The SMILES string of the molecule is Cc1nc2ccccc2nc1Cn1cc(S(=O)(=O)N(C)C)ccc1=O. The first-order chi connectivity index (χ1) is 11.8. The molecule has 0 aliphatic rings. The average Bonchev–Trinajstić information content (AvgIpc) is 2.57. The van der Waals surface area contributed by atoms with Gasteiger partial charge >= 0.3 is 0 Å². The average molecular weight is 358 g/mol. The van der Waals surface area contributed by atoms with Crippen molar-refractivity contribution in [3.05, 3.63) is 64.3 Å². The van der Waals surface area contributed by atoms with E-state index in [0.29, 0.717) is 11.4 Å². The molecule has 0 N–H and O–H groups in total. The van der Waals surface area contributed by atoms with Gasteiger partial charge in [0.1, 0.15) is 0 Å². The number of pyridine rings is 1. The van der Waals surface area contributed by atoms with E-state index >= 15 is 0 Å². The van der Waals surface area contributed by atoms with Gasteiger partial charge in [0.15, 0.2) is 0 Å². The molecule has 0 saturated carbocycles. The largest absolute Gasteiger partial charge is 0.308 e. The van der Waals surface area contributed by atoms with Crippen LogP contribution in [0, 0.1) is 6.92 Å². The minimum Gasteiger partial charge on any atom is -0.308 e. The lowest BCUT2D eigenvalue weighted by atomic mass is 10.2. The van der Waals surface area contributed by atoms with E-state index in [1.165, 1.54) is 37.0 Å². The third-order valence-corrected chi connectivity index (χ3v) is 5.70. The Labute approximate surface area is 145 Å². The van der Waals surface area contributed by atoms with Gasteiger partial charge in [0.2, 0.25) is 10.0 Å². The molecule has 0 aliphatic heterocycles. The molecule has 0 fully saturated rings. The van der Waals surface area contributed by atoms with Gasteiger partial charge in [-0.1, -0.05) is 12.1 Å². The number of hydrogen-bond donors (Lipinski definition) is 0. The van der Waals surface area contributed by atoms with Crippen molar-refractivity contribution >= 4 is 21.1 Å². The molecule has 0 saturated heterocycles. The van der Waals surface area contributed by atoms with Crippen LogP contribution in [0.2, 0.25) is 0 Å². The first-order valence-electron chi connectivity index (χ1n) is 7.64. The smallest absolute Gasteiger partial charge is 0.250 e. The van der Waals surface area contributed by atoms with Gasteiger partial charge in [0, 0.05) is 26.4 Å². The van der Waals surface area contributed by atoms with E-state index in [2.05, 4.69) is 9.97 Å². The Balaban J connectivity index is 2.07. The maximum atomic E-state index is 12.3. The fourth-order valence-corrected chi connectivity index (χ4v) is 3.35. The van der Waals surface area contributed by atoms with Crippen LogP contribution in [0.25, 0.3) is 11.0 Å². The number of sulfonamides is 1. The van der Waals surface area contributed by atoms with Crippen LogP contribution >= 0.6 is 0 Å². The Morgan fingerprint density at radius 1 is 1.04 bits per heavy atom. The molecular formula is C17H18N4O3S. The van der Waals surface area contributed by atoms with Crippen molar-refractivity contribution in [2.45, 2.75) is 18.4 Å². The van der Waals surface area contributed by atoms with E-state index in [4.69, 9.17) is 0 Å². The zero-order valence-electron chi connectivity index (χ0n) is 14.2. The maximum absolute atomic E-state index is 12.3. The molecule has 3 aromatic rings. The predicted molar refractivity (Wildman–Crippen MR) is 95.0 cm³/mol. The number of hydrogen-bond acceptors (Lipinski definition) is 5. The van der Waals surface area contributed by atoms with Crippen LogP contribution in [-0.2, 0) is 16.6 Å². The Hall–Kier alpha value is -2.58. The van der Waals surface area contributed by atoms with E-state index < -0.39 is 10.0 Å². The molecule has 0 bridgehead atoms. The van der Waals surface area contributed by atoms with Gasteiger partial charge in [0.25, 0.3) is 5.56 Å². The summed E-state index contributed by atoms with van der Waals surface area (Å²) >= 11 is 0. The fourth-order valence-electron chi connectivity index (χ4n) is 2.43. The van der Waals surface area contributed by atoms with Gasteiger partial charge in [0.05, 0.1) is 33.9 Å². The molecule has 1 aromatic carbocycles. The normalized spacial score (nSPS) is 12.0. The Morgan fingerprint density at radius 3 is 2.32 bits per heavy atom. The predicted octanol–water partition coefficient (Wildman–Crippen LogP) is 1.40. The lowest BCUT2D eigenvalue weighted by Crippen LogP contribution is -2.26. The molecule has 2 aromatic heterocycles. The van der Waals surface area contributed by atoms with Crippen molar-refractivity contribution < 1.29 is 8.42 Å². The van der Waals surface area contributed by atoms with Crippen LogP contribution in [0.1, 0.15) is 11.4 Å². The second-order valence-electron chi connectivity index (χ2n) is 5.86. The van der Waals surface area contributed by atoms with Crippen molar-refractivity contribution in [1.82, 2.24) is 18.8 Å². The van der Waals surface area contributed by atoms with Gasteiger partial charge in [-0.3, -0.25) is 4.79 Å². The van der Waals surface area contributed by atoms with Crippen molar-refractivity contribution in [2.75, 3.05) is 14.1 Å². The molecule has 8 heteroatoms. The summed E-state index contributed by atoms with van der Waals surface area (Å²) in [6.07, 6.45) is 1.34. The standard InChI is InChI=1S/C17H18N4O3S/c1-12-16(19-15-7-5-4-6-14(15)18-12)11-21-10-13(8-9-17(21)22)25(23,24)20(2)3/h4-10H,11H2,1-3H3. The van der Waals surface area contributed by atoms with Crippen LogP contribution in [0.4, 0.5) is 0 Å². The second-order valence-corrected chi connectivity index (χ2v) is 8.01. The third kappa shape index (κ3) is 3.31. The van der Waals surface area contributed by atoms with E-state index in [1.807, 2.05) is 31.2 Å². The molecule has 0 aliphatic carbocycles. The van der Waals surface area contributed by atoms with Gasteiger partial charge in [-0.05, 0) is 25.1 Å². The minimum absolute atomic E-state index is 0.0588. The molecule has 130 valence electrons. The van der Waals surface area contributed by atoms with Crippen molar-refractivity contribution in [3.63, 3.8) is 0 Å². The molecule has 0 amide bonds. The molecule has 25 heavy (non-hydrogen) atoms. The summed E-state index contributed by atoms with van der Waals surface area (Å²) in [6.45, 7) is 1.97. The molecule has 0 radical (unpaired) electrons. The van der Waals surface area contributed by atoms with Gasteiger partial charge in [-0.25, -0.2) is 22.7 Å². The summed E-state index contributed by atoms with van der Waals surface area (Å²) in [4.78, 5) is 21.3. The highest BCUT2D eigenvalue weighted by Gasteiger charge is 2.18. The van der Waals surface area contributed by atoms with Crippen LogP contribution in [-0.4, -0.2) is 41.4 Å². The molecule has 2 heterocycles. The second kappa shape index (κ2) is 6.38. The van der Waals surface area contributed by atoms with Crippen molar-refractivity contribution in [3.8, 4) is 0 Å². The Kier molecular flexibility index (Phi) is 4.40. The van der Waals surface area contributed by atoms with Crippen LogP contribution < -0.4 is 5.56 Å². The fraction of sp³-hybridized carbons (Fsp3) is 0.235. The lowest BCUT2D eigenvalue weighted by molar-refractivity contribution is 0.519. The summed E-state index contributed by atoms with van der Waals surface area (Å²) in [7, 11) is -0.719. The summed E-state index contributed by atoms with van der Waals surface area (Å²) in [5.41, 5.74) is 2.53. The molecule has 7 nitrogen and oxygen atoms in total. The Bertz CT molecular complexity index is 1100. The molecule has 0 spiro atoms. The van der Waals surface area contributed by atoms with E-state index in [1.54, 1.807) is 0 Å². The number of fused-ring (bicyclic) bond motifs is 1. The van der Waals surface area contributed by atoms with E-state index in [0.717, 1.165) is 15.3 Å². The van der Waals surface area contributed by atoms with Gasteiger partial charge in [-0.2, -0.15) is 0 Å². The van der Waals surface area contributed by atoms with Crippen LogP contribution in [0.5, 0.6) is 0 Å². The molecule has 0 atom stereocenters. The molecular weight excluding hydrogens is 340 g/mol. The monoisotopic (exact) mass is 358 g/mol. The topological polar surface area (TPSA) is 85.2 Å².